The zero-order chi connectivity index (χ0) is 19.8. The Labute approximate surface area is 158 Å². The van der Waals surface area contributed by atoms with Crippen molar-refractivity contribution in [1.29, 1.82) is 0 Å². The van der Waals surface area contributed by atoms with E-state index in [1.54, 1.807) is 0 Å². The average Bonchev–Trinajstić information content (AvgIpc) is 3.10. The second-order valence-corrected chi connectivity index (χ2v) is 9.18. The van der Waals surface area contributed by atoms with E-state index in [0.717, 1.165) is 11.3 Å². The number of nitrogens with two attached hydrogens (primary N) is 1. The molecule has 0 saturated carbocycles. The Balaban J connectivity index is 1.76. The quantitative estimate of drug-likeness (QED) is 0.345. The molecule has 1 aromatic carbocycles. The Hall–Kier alpha value is -1.80. The third kappa shape index (κ3) is 3.91. The predicted molar refractivity (Wildman–Crippen MR) is 95.8 cm³/mol. The van der Waals surface area contributed by atoms with Gasteiger partial charge >= 0.3 is 0 Å². The van der Waals surface area contributed by atoms with Crippen LogP contribution in [0, 0.1) is 0 Å². The van der Waals surface area contributed by atoms with Gasteiger partial charge in [-0.1, -0.05) is 11.3 Å². The summed E-state index contributed by atoms with van der Waals surface area (Å²) in [5.41, 5.74) is 5.88. The van der Waals surface area contributed by atoms with Gasteiger partial charge in [0.2, 0.25) is 9.84 Å². The summed E-state index contributed by atoms with van der Waals surface area (Å²) in [6.07, 6.45) is -5.38. The molecule has 148 valence electrons. The van der Waals surface area contributed by atoms with Crippen LogP contribution in [0.2, 0.25) is 0 Å². The number of hydrogen-bond acceptors (Lipinski definition) is 11. The Bertz CT molecular complexity index is 885. The lowest BCUT2D eigenvalue weighted by Gasteiger charge is -2.40. The van der Waals surface area contributed by atoms with Crippen molar-refractivity contribution < 1.29 is 33.6 Å². The van der Waals surface area contributed by atoms with Crippen LogP contribution >= 0.6 is 11.3 Å². The Morgan fingerprint density at radius 2 is 1.81 bits per heavy atom. The van der Waals surface area contributed by atoms with Gasteiger partial charge in [0, 0.05) is 5.69 Å². The zero-order valence-electron chi connectivity index (χ0n) is 13.8. The minimum Gasteiger partial charge on any atom is -0.394 e. The highest BCUT2D eigenvalue weighted by Gasteiger charge is 2.43. The van der Waals surface area contributed by atoms with Crippen molar-refractivity contribution in [2.45, 2.75) is 39.7 Å². The first-order valence-electron chi connectivity index (χ1n) is 7.87. The molecule has 0 amide bonds. The molecule has 12 heteroatoms. The van der Waals surface area contributed by atoms with E-state index >= 15 is 0 Å². The normalized spacial score (nSPS) is 28.8. The van der Waals surface area contributed by atoms with Crippen LogP contribution < -0.4 is 11.1 Å². The van der Waals surface area contributed by atoms with Crippen LogP contribution in [0.4, 0.5) is 10.8 Å². The number of aromatic nitrogens is 1. The highest BCUT2D eigenvalue weighted by molar-refractivity contribution is 7.93. The fourth-order valence-corrected chi connectivity index (χ4v) is 4.95. The number of ether oxygens (including phenoxy) is 1. The first-order chi connectivity index (χ1) is 12.7. The van der Waals surface area contributed by atoms with Crippen LogP contribution in [0.15, 0.2) is 39.6 Å². The molecule has 1 aliphatic rings. The Morgan fingerprint density at radius 1 is 1.15 bits per heavy atom. The maximum atomic E-state index is 12.5. The largest absolute Gasteiger partial charge is 0.394 e. The van der Waals surface area contributed by atoms with Crippen LogP contribution in [0.5, 0.6) is 0 Å². The number of hydrogen-bond donors (Lipinski definition) is 6. The van der Waals surface area contributed by atoms with Crippen LogP contribution in [0.1, 0.15) is 0 Å². The number of sulfone groups is 1. The van der Waals surface area contributed by atoms with E-state index in [0.29, 0.717) is 5.69 Å². The van der Waals surface area contributed by atoms with Crippen molar-refractivity contribution in [2.24, 2.45) is 0 Å². The summed E-state index contributed by atoms with van der Waals surface area (Å²) in [7, 11) is -3.75. The van der Waals surface area contributed by atoms with Gasteiger partial charge in [-0.3, -0.25) is 0 Å². The molecule has 1 aliphatic heterocycles. The minimum absolute atomic E-state index is 0.0228. The number of nitrogen functional groups attached to an aromatic ring is 1. The number of anilines is 2. The molecule has 27 heavy (non-hydrogen) atoms. The van der Waals surface area contributed by atoms with Gasteiger partial charge in [-0.15, -0.1) is 0 Å². The smallest absolute Gasteiger partial charge is 0.217 e. The van der Waals surface area contributed by atoms with E-state index in [1.165, 1.54) is 30.5 Å². The fraction of sp³-hybridized carbons (Fsp3) is 0.400. The van der Waals surface area contributed by atoms with Gasteiger partial charge in [-0.25, -0.2) is 13.4 Å². The molecule has 1 saturated heterocycles. The number of aliphatic hydroxyl groups is 4. The molecule has 10 nitrogen and oxygen atoms in total. The summed E-state index contributed by atoms with van der Waals surface area (Å²) in [4.78, 5) is 3.77. The maximum absolute atomic E-state index is 12.5. The van der Waals surface area contributed by atoms with Gasteiger partial charge < -0.3 is 36.2 Å². The standard InChI is InChI=1S/C15H19N3O7S2/c16-15-17-5-10(26-15)27(23,24)8-3-1-7(2-4-8)18-14-13(22)12(21)11(20)9(6-19)25-14/h1-5,9,11-14,18-22H,6H2,(H2,16,17)/t9-,11+,12-,13+,14-/m1/s1. The van der Waals surface area contributed by atoms with Crippen LogP contribution in [0.25, 0.3) is 0 Å². The van der Waals surface area contributed by atoms with Gasteiger partial charge in [0.1, 0.15) is 28.6 Å². The maximum Gasteiger partial charge on any atom is 0.217 e. The summed E-state index contributed by atoms with van der Waals surface area (Å²) in [6.45, 7) is -0.543. The van der Waals surface area contributed by atoms with E-state index in [9.17, 15) is 28.8 Å². The van der Waals surface area contributed by atoms with Crippen molar-refractivity contribution in [2.75, 3.05) is 17.7 Å². The number of benzene rings is 1. The van der Waals surface area contributed by atoms with Gasteiger partial charge in [-0.2, -0.15) is 0 Å². The summed E-state index contributed by atoms with van der Waals surface area (Å²) < 4.78 is 30.4. The van der Waals surface area contributed by atoms with Gasteiger partial charge in [0.25, 0.3) is 0 Å². The molecule has 0 bridgehead atoms. The van der Waals surface area contributed by atoms with E-state index in [2.05, 4.69) is 10.3 Å². The number of nitrogens with zero attached hydrogens (tertiary/aromatic N) is 1. The van der Waals surface area contributed by atoms with Crippen molar-refractivity contribution in [3.8, 4) is 0 Å². The molecule has 7 N–H and O–H groups in total. The molecule has 5 atom stereocenters. The number of aliphatic hydroxyl groups excluding tert-OH is 4. The Morgan fingerprint density at radius 3 is 2.37 bits per heavy atom. The molecule has 0 unspecified atom stereocenters. The fourth-order valence-electron chi connectivity index (χ4n) is 2.63. The predicted octanol–water partition coefficient (Wildman–Crippen LogP) is -1.23. The van der Waals surface area contributed by atoms with Gasteiger partial charge in [-0.05, 0) is 24.3 Å². The lowest BCUT2D eigenvalue weighted by Crippen LogP contribution is -2.60. The number of thiazole rings is 1. The van der Waals surface area contributed by atoms with Crippen LogP contribution in [0.3, 0.4) is 0 Å². The summed E-state index contributed by atoms with van der Waals surface area (Å²) in [5, 5.41) is 41.7. The number of nitrogens with one attached hydrogen (secondary N) is 1. The lowest BCUT2D eigenvalue weighted by atomic mass is 9.98. The summed E-state index contributed by atoms with van der Waals surface area (Å²) in [5.74, 6) is 0. The van der Waals surface area contributed by atoms with E-state index < -0.39 is 47.1 Å². The summed E-state index contributed by atoms with van der Waals surface area (Å²) in [6, 6.07) is 5.63. The first-order valence-corrected chi connectivity index (χ1v) is 10.2. The second-order valence-electron chi connectivity index (χ2n) is 5.94. The van der Waals surface area contributed by atoms with Crippen molar-refractivity contribution in [1.82, 2.24) is 4.98 Å². The van der Waals surface area contributed by atoms with E-state index in [1.807, 2.05) is 0 Å². The molecule has 2 heterocycles. The van der Waals surface area contributed by atoms with Crippen LogP contribution in [-0.4, -0.2) is 71.1 Å². The zero-order valence-corrected chi connectivity index (χ0v) is 15.5. The van der Waals surface area contributed by atoms with E-state index in [4.69, 9.17) is 10.5 Å². The molecule has 0 aliphatic carbocycles. The molecular formula is C15H19N3O7S2. The molecule has 0 spiro atoms. The topological polar surface area (TPSA) is 175 Å². The monoisotopic (exact) mass is 417 g/mol. The molecule has 2 aromatic rings. The van der Waals surface area contributed by atoms with Crippen LogP contribution in [-0.2, 0) is 14.6 Å². The first kappa shape index (κ1) is 19.9. The average molecular weight is 417 g/mol. The molecule has 0 radical (unpaired) electrons. The highest BCUT2D eigenvalue weighted by Crippen LogP contribution is 2.28. The third-order valence-corrected chi connectivity index (χ3v) is 7.19. The van der Waals surface area contributed by atoms with Gasteiger partial charge in [0.05, 0.1) is 17.7 Å². The second kappa shape index (κ2) is 7.67. The molecule has 1 fully saturated rings. The van der Waals surface area contributed by atoms with Crippen molar-refractivity contribution >= 4 is 32.0 Å². The Kier molecular flexibility index (Phi) is 5.67. The van der Waals surface area contributed by atoms with E-state index in [-0.39, 0.29) is 14.2 Å². The van der Waals surface area contributed by atoms with Crippen molar-refractivity contribution in [3.63, 3.8) is 0 Å². The lowest BCUT2D eigenvalue weighted by molar-refractivity contribution is -0.221. The van der Waals surface area contributed by atoms with Gasteiger partial charge in [0.15, 0.2) is 11.4 Å². The SMILES string of the molecule is Nc1ncc(S(=O)(=O)c2ccc(N[C@@H]3O[C@H](CO)[C@H](O)[C@@H](O)[C@@H]3O)cc2)s1. The molecular weight excluding hydrogens is 398 g/mol. The number of rotatable bonds is 5. The minimum atomic E-state index is -3.75. The third-order valence-electron chi connectivity index (χ3n) is 4.13. The molecule has 1 aromatic heterocycles. The summed E-state index contributed by atoms with van der Waals surface area (Å²) >= 11 is 0.860. The highest BCUT2D eigenvalue weighted by atomic mass is 32.2. The molecule has 3 rings (SSSR count). The van der Waals surface area contributed by atoms with Crippen molar-refractivity contribution in [3.05, 3.63) is 30.5 Å².